The van der Waals surface area contributed by atoms with Gasteiger partial charge in [0.25, 0.3) is 10.0 Å². The molecule has 2 heterocycles. The van der Waals surface area contributed by atoms with Gasteiger partial charge < -0.3 is 14.6 Å². The maximum absolute atomic E-state index is 12.8. The second kappa shape index (κ2) is 8.96. The smallest absolute Gasteiger partial charge is 0.262 e. The van der Waals surface area contributed by atoms with Crippen molar-refractivity contribution in [2.24, 2.45) is 13.0 Å². The lowest BCUT2D eigenvalue weighted by Gasteiger charge is -2.30. The molecule has 0 aliphatic carbocycles. The fourth-order valence-electron chi connectivity index (χ4n) is 3.32. The van der Waals surface area contributed by atoms with E-state index in [1.165, 1.54) is 16.8 Å². The molecule has 2 aromatic rings. The first kappa shape index (κ1) is 21.3. The normalized spacial score (nSPS) is 18.0. The Morgan fingerprint density at radius 3 is 2.66 bits per heavy atom. The van der Waals surface area contributed by atoms with Gasteiger partial charge in [0.05, 0.1) is 18.3 Å². The van der Waals surface area contributed by atoms with Crippen LogP contribution in [-0.2, 0) is 28.4 Å². The third-order valence-electron chi connectivity index (χ3n) is 4.80. The minimum Gasteiger partial charge on any atom is -0.491 e. The molecule has 1 amide bonds. The molecule has 1 N–H and O–H groups in total. The molecule has 1 aromatic carbocycles. The van der Waals surface area contributed by atoms with Crippen molar-refractivity contribution in [3.63, 3.8) is 0 Å². The second-order valence-electron chi connectivity index (χ2n) is 7.61. The van der Waals surface area contributed by atoms with E-state index < -0.39 is 10.0 Å². The van der Waals surface area contributed by atoms with Gasteiger partial charge in [0, 0.05) is 32.9 Å². The van der Waals surface area contributed by atoms with Crippen LogP contribution in [0.1, 0.15) is 32.3 Å². The first-order valence-corrected chi connectivity index (χ1v) is 11.2. The Balaban J connectivity index is 1.57. The number of carbonyl (C=O) groups excluding carboxylic acids is 1. The van der Waals surface area contributed by atoms with Gasteiger partial charge in [-0.2, -0.15) is 4.31 Å². The van der Waals surface area contributed by atoms with Gasteiger partial charge in [0.15, 0.2) is 5.03 Å². The van der Waals surface area contributed by atoms with Crippen molar-refractivity contribution in [3.8, 4) is 5.75 Å². The van der Waals surface area contributed by atoms with E-state index in [9.17, 15) is 13.2 Å². The average molecular weight is 421 g/mol. The third kappa shape index (κ3) is 5.36. The molecule has 1 saturated heterocycles. The summed E-state index contributed by atoms with van der Waals surface area (Å²) >= 11 is 0. The largest absolute Gasteiger partial charge is 0.491 e. The summed E-state index contributed by atoms with van der Waals surface area (Å²) in [6.07, 6.45) is 4.36. The number of imidazole rings is 1. The minimum atomic E-state index is -3.68. The number of hydrogen-bond acceptors (Lipinski definition) is 5. The van der Waals surface area contributed by atoms with Crippen molar-refractivity contribution < 1.29 is 17.9 Å². The van der Waals surface area contributed by atoms with Gasteiger partial charge in [-0.3, -0.25) is 4.79 Å². The van der Waals surface area contributed by atoms with Gasteiger partial charge in [0.2, 0.25) is 5.91 Å². The van der Waals surface area contributed by atoms with Crippen molar-refractivity contribution in [3.05, 3.63) is 42.4 Å². The van der Waals surface area contributed by atoms with Crippen LogP contribution in [0.5, 0.6) is 5.75 Å². The maximum Gasteiger partial charge on any atom is 0.262 e. The van der Waals surface area contributed by atoms with Crippen LogP contribution in [0.3, 0.4) is 0 Å². The zero-order valence-electron chi connectivity index (χ0n) is 17.0. The van der Waals surface area contributed by atoms with Crippen LogP contribution in [-0.4, -0.2) is 47.4 Å². The van der Waals surface area contributed by atoms with Crippen LogP contribution in [0.2, 0.25) is 0 Å². The third-order valence-corrected chi connectivity index (χ3v) is 6.55. The number of nitrogens with one attached hydrogen (secondary N) is 1. The Kier molecular flexibility index (Phi) is 6.59. The number of nitrogens with zero attached hydrogens (tertiary/aromatic N) is 3. The van der Waals surface area contributed by atoms with Gasteiger partial charge in [-0.05, 0) is 44.4 Å². The summed E-state index contributed by atoms with van der Waals surface area (Å²) in [7, 11) is -1.96. The highest BCUT2D eigenvalue weighted by Gasteiger charge is 2.34. The fourth-order valence-corrected chi connectivity index (χ4v) is 4.81. The summed E-state index contributed by atoms with van der Waals surface area (Å²) < 4.78 is 34.1. The molecule has 1 fully saturated rings. The number of aromatic nitrogens is 2. The lowest BCUT2D eigenvalue weighted by molar-refractivity contribution is -0.126. The number of sulfonamides is 1. The van der Waals surface area contributed by atoms with E-state index in [0.29, 0.717) is 25.9 Å². The Hall–Kier alpha value is -2.39. The summed E-state index contributed by atoms with van der Waals surface area (Å²) in [5, 5.41) is 2.94. The minimum absolute atomic E-state index is 0.0183. The van der Waals surface area contributed by atoms with E-state index in [2.05, 4.69) is 10.3 Å². The SMILES string of the molecule is CC(C)Oc1ccc(CNC(=O)[C@@H]2CCCN(S(=O)(=O)c3cn(C)cn3)C2)cc1. The summed E-state index contributed by atoms with van der Waals surface area (Å²) in [4.78, 5) is 16.6. The van der Waals surface area contributed by atoms with Crippen molar-refractivity contribution in [2.75, 3.05) is 13.1 Å². The highest BCUT2D eigenvalue weighted by atomic mass is 32.2. The van der Waals surface area contributed by atoms with Crippen LogP contribution in [0.25, 0.3) is 0 Å². The number of carbonyl (C=O) groups is 1. The Morgan fingerprint density at radius 2 is 2.03 bits per heavy atom. The van der Waals surface area contributed by atoms with E-state index in [1.54, 1.807) is 11.6 Å². The average Bonchev–Trinajstić information content (AvgIpc) is 3.14. The van der Waals surface area contributed by atoms with E-state index in [4.69, 9.17) is 4.74 Å². The molecule has 0 unspecified atom stereocenters. The van der Waals surface area contributed by atoms with Gasteiger partial charge in [-0.25, -0.2) is 13.4 Å². The molecule has 0 spiro atoms. The summed E-state index contributed by atoms with van der Waals surface area (Å²) in [6, 6.07) is 7.58. The fraction of sp³-hybridized carbons (Fsp3) is 0.500. The van der Waals surface area contributed by atoms with Gasteiger partial charge in [-0.1, -0.05) is 12.1 Å². The molecule has 0 bridgehead atoms. The molecular weight excluding hydrogens is 392 g/mol. The van der Waals surface area contributed by atoms with Gasteiger partial charge in [0.1, 0.15) is 5.75 Å². The number of ether oxygens (including phenoxy) is 1. The van der Waals surface area contributed by atoms with E-state index >= 15 is 0 Å². The lowest BCUT2D eigenvalue weighted by Crippen LogP contribution is -2.45. The Bertz CT molecular complexity index is 938. The molecule has 0 radical (unpaired) electrons. The molecule has 1 aromatic heterocycles. The van der Waals surface area contributed by atoms with Crippen molar-refractivity contribution in [2.45, 2.75) is 44.4 Å². The monoisotopic (exact) mass is 420 g/mol. The van der Waals surface area contributed by atoms with Gasteiger partial charge in [-0.15, -0.1) is 0 Å². The zero-order valence-corrected chi connectivity index (χ0v) is 17.9. The molecule has 158 valence electrons. The second-order valence-corrected chi connectivity index (χ2v) is 9.49. The highest BCUT2D eigenvalue weighted by Crippen LogP contribution is 2.23. The van der Waals surface area contributed by atoms with Crippen molar-refractivity contribution in [1.82, 2.24) is 19.2 Å². The summed E-state index contributed by atoms with van der Waals surface area (Å²) in [5.74, 6) is 0.289. The molecule has 1 aliphatic rings. The van der Waals surface area contributed by atoms with Crippen LogP contribution in [0.4, 0.5) is 0 Å². The number of benzene rings is 1. The topological polar surface area (TPSA) is 93.5 Å². The quantitative estimate of drug-likeness (QED) is 0.739. The Labute approximate surface area is 171 Å². The Morgan fingerprint density at radius 1 is 1.31 bits per heavy atom. The maximum atomic E-state index is 12.8. The molecule has 8 nitrogen and oxygen atoms in total. The van der Waals surface area contributed by atoms with Crippen LogP contribution < -0.4 is 10.1 Å². The van der Waals surface area contributed by atoms with Gasteiger partial charge >= 0.3 is 0 Å². The van der Waals surface area contributed by atoms with Crippen molar-refractivity contribution in [1.29, 1.82) is 0 Å². The first-order chi connectivity index (χ1) is 13.8. The highest BCUT2D eigenvalue weighted by molar-refractivity contribution is 7.89. The standard InChI is InChI=1S/C20H28N4O4S/c1-15(2)28-18-8-6-16(7-9-18)11-21-20(25)17-5-4-10-24(12-17)29(26,27)19-13-23(3)14-22-19/h6-9,13-15,17H,4-5,10-12H2,1-3H3,(H,21,25)/t17-/m1/s1. The number of hydrogen-bond donors (Lipinski definition) is 1. The first-order valence-electron chi connectivity index (χ1n) is 9.77. The number of rotatable bonds is 7. The summed E-state index contributed by atoms with van der Waals surface area (Å²) in [5.41, 5.74) is 0.961. The molecule has 3 rings (SSSR count). The summed E-state index contributed by atoms with van der Waals surface area (Å²) in [6.45, 7) is 4.90. The predicted molar refractivity (Wildman–Crippen MR) is 109 cm³/mol. The lowest BCUT2D eigenvalue weighted by atomic mass is 9.99. The van der Waals surface area contributed by atoms with Crippen molar-refractivity contribution >= 4 is 15.9 Å². The van der Waals surface area contributed by atoms with E-state index in [-0.39, 0.29) is 29.5 Å². The van der Waals surface area contributed by atoms with Crippen LogP contribution in [0.15, 0.2) is 41.8 Å². The van der Waals surface area contributed by atoms with Crippen LogP contribution in [0, 0.1) is 5.92 Å². The van der Waals surface area contributed by atoms with E-state index in [1.807, 2.05) is 38.1 Å². The molecule has 1 aliphatic heterocycles. The molecule has 0 saturated carbocycles. The number of amides is 1. The van der Waals surface area contributed by atoms with Crippen LogP contribution >= 0.6 is 0 Å². The zero-order chi connectivity index (χ0) is 21.0. The molecule has 9 heteroatoms. The molecular formula is C20H28N4O4S. The molecule has 1 atom stereocenters. The van der Waals surface area contributed by atoms with E-state index in [0.717, 1.165) is 11.3 Å². The number of piperidine rings is 1. The predicted octanol–water partition coefficient (Wildman–Crippen LogP) is 1.92. The molecule has 29 heavy (non-hydrogen) atoms. The number of aryl methyl sites for hydroxylation is 1.